The molecule has 2 aromatic rings. The molecule has 22 heavy (non-hydrogen) atoms. The van der Waals surface area contributed by atoms with Gasteiger partial charge in [0.05, 0.1) is 12.1 Å². The van der Waals surface area contributed by atoms with E-state index in [0.717, 1.165) is 24.8 Å². The van der Waals surface area contributed by atoms with Gasteiger partial charge in [0, 0.05) is 0 Å². The van der Waals surface area contributed by atoms with Gasteiger partial charge in [0.1, 0.15) is 6.61 Å². The molecular weight excluding hydrogens is 274 g/mol. The van der Waals surface area contributed by atoms with E-state index >= 15 is 0 Å². The number of rotatable bonds is 6. The van der Waals surface area contributed by atoms with Gasteiger partial charge in [0.15, 0.2) is 0 Å². The summed E-state index contributed by atoms with van der Waals surface area (Å²) in [7, 11) is 0. The SMILES string of the molecule is O=C(COCc1ccccc1)NC1(c2ccccc2)CCC1. The van der Waals surface area contributed by atoms with Crippen molar-refractivity contribution in [3.63, 3.8) is 0 Å². The Morgan fingerprint density at radius 2 is 1.64 bits per heavy atom. The van der Waals surface area contributed by atoms with Gasteiger partial charge in [-0.05, 0) is 30.4 Å². The lowest BCUT2D eigenvalue weighted by Crippen LogP contribution is -2.51. The maximum absolute atomic E-state index is 12.2. The van der Waals surface area contributed by atoms with Crippen molar-refractivity contribution in [1.82, 2.24) is 5.32 Å². The topological polar surface area (TPSA) is 38.3 Å². The Bertz CT molecular complexity index is 606. The summed E-state index contributed by atoms with van der Waals surface area (Å²) in [4.78, 5) is 12.2. The number of carbonyl (C=O) groups excluding carboxylic acids is 1. The molecule has 1 saturated carbocycles. The van der Waals surface area contributed by atoms with Crippen LogP contribution in [0.5, 0.6) is 0 Å². The van der Waals surface area contributed by atoms with Crippen LogP contribution in [0.15, 0.2) is 60.7 Å². The quantitative estimate of drug-likeness (QED) is 0.887. The van der Waals surface area contributed by atoms with E-state index in [1.165, 1.54) is 5.56 Å². The molecule has 0 saturated heterocycles. The molecule has 0 atom stereocenters. The number of hydrogen-bond acceptors (Lipinski definition) is 2. The first-order valence-corrected chi connectivity index (χ1v) is 7.77. The Balaban J connectivity index is 1.53. The third kappa shape index (κ3) is 3.37. The van der Waals surface area contributed by atoms with Crippen molar-refractivity contribution in [3.8, 4) is 0 Å². The number of ether oxygens (including phenoxy) is 1. The molecule has 3 nitrogen and oxygen atoms in total. The fraction of sp³-hybridized carbons (Fsp3) is 0.316. The van der Waals surface area contributed by atoms with E-state index in [1.807, 2.05) is 48.5 Å². The highest BCUT2D eigenvalue weighted by Crippen LogP contribution is 2.41. The summed E-state index contributed by atoms with van der Waals surface area (Å²) in [5, 5.41) is 3.17. The Morgan fingerprint density at radius 3 is 2.23 bits per heavy atom. The fourth-order valence-corrected chi connectivity index (χ4v) is 2.91. The van der Waals surface area contributed by atoms with Gasteiger partial charge in [0.2, 0.25) is 5.91 Å². The molecule has 114 valence electrons. The van der Waals surface area contributed by atoms with Crippen molar-refractivity contribution in [1.29, 1.82) is 0 Å². The van der Waals surface area contributed by atoms with Gasteiger partial charge >= 0.3 is 0 Å². The second-order valence-electron chi connectivity index (χ2n) is 5.83. The minimum Gasteiger partial charge on any atom is -0.367 e. The Labute approximate surface area is 131 Å². The second kappa shape index (κ2) is 6.75. The molecule has 0 bridgehead atoms. The van der Waals surface area contributed by atoms with Crippen molar-refractivity contribution in [2.24, 2.45) is 0 Å². The van der Waals surface area contributed by atoms with Gasteiger partial charge < -0.3 is 10.1 Å². The van der Waals surface area contributed by atoms with Gasteiger partial charge in [-0.15, -0.1) is 0 Å². The van der Waals surface area contributed by atoms with E-state index in [2.05, 4.69) is 17.4 Å². The molecule has 1 amide bonds. The molecule has 0 spiro atoms. The molecule has 0 unspecified atom stereocenters. The van der Waals surface area contributed by atoms with Gasteiger partial charge in [-0.3, -0.25) is 4.79 Å². The van der Waals surface area contributed by atoms with Crippen molar-refractivity contribution >= 4 is 5.91 Å². The molecule has 1 N–H and O–H groups in total. The predicted octanol–water partition coefficient (Wildman–Crippen LogP) is 3.40. The summed E-state index contributed by atoms with van der Waals surface area (Å²) in [6.45, 7) is 0.566. The molecule has 1 fully saturated rings. The van der Waals surface area contributed by atoms with Crippen LogP contribution in [0, 0.1) is 0 Å². The zero-order valence-corrected chi connectivity index (χ0v) is 12.6. The van der Waals surface area contributed by atoms with E-state index in [0.29, 0.717) is 6.61 Å². The first-order chi connectivity index (χ1) is 10.8. The summed E-state index contributed by atoms with van der Waals surface area (Å²) >= 11 is 0. The van der Waals surface area contributed by atoms with Crippen molar-refractivity contribution in [2.45, 2.75) is 31.4 Å². The first kappa shape index (κ1) is 14.8. The lowest BCUT2D eigenvalue weighted by molar-refractivity contribution is -0.129. The Morgan fingerprint density at radius 1 is 1.00 bits per heavy atom. The van der Waals surface area contributed by atoms with Gasteiger partial charge in [-0.1, -0.05) is 60.7 Å². The normalized spacial score (nSPS) is 15.8. The number of carbonyl (C=O) groups is 1. The Kier molecular flexibility index (Phi) is 4.54. The number of amides is 1. The van der Waals surface area contributed by atoms with Crippen LogP contribution in [0.3, 0.4) is 0 Å². The average molecular weight is 295 g/mol. The van der Waals surface area contributed by atoms with Crippen LogP contribution < -0.4 is 5.32 Å². The highest BCUT2D eigenvalue weighted by molar-refractivity contribution is 5.78. The van der Waals surface area contributed by atoms with E-state index in [4.69, 9.17) is 4.74 Å². The van der Waals surface area contributed by atoms with Crippen LogP contribution in [0.25, 0.3) is 0 Å². The minimum absolute atomic E-state index is 0.0421. The maximum atomic E-state index is 12.2. The monoisotopic (exact) mass is 295 g/mol. The predicted molar refractivity (Wildman–Crippen MR) is 86.2 cm³/mol. The van der Waals surface area contributed by atoms with Crippen molar-refractivity contribution in [3.05, 3.63) is 71.8 Å². The number of nitrogens with one attached hydrogen (secondary N) is 1. The molecule has 0 heterocycles. The largest absolute Gasteiger partial charge is 0.367 e. The van der Waals surface area contributed by atoms with Crippen LogP contribution in [-0.2, 0) is 21.7 Å². The van der Waals surface area contributed by atoms with E-state index < -0.39 is 0 Å². The summed E-state index contributed by atoms with van der Waals surface area (Å²) in [6.07, 6.45) is 3.16. The van der Waals surface area contributed by atoms with Crippen LogP contribution in [-0.4, -0.2) is 12.5 Å². The molecule has 1 aliphatic rings. The third-order valence-electron chi connectivity index (χ3n) is 4.26. The highest BCUT2D eigenvalue weighted by Gasteiger charge is 2.39. The van der Waals surface area contributed by atoms with Crippen molar-refractivity contribution < 1.29 is 9.53 Å². The molecule has 0 aliphatic heterocycles. The standard InChI is InChI=1S/C19H21NO2/c21-18(15-22-14-16-8-3-1-4-9-16)20-19(12-7-13-19)17-10-5-2-6-11-17/h1-6,8-11H,7,12-15H2,(H,20,21). The van der Waals surface area contributed by atoms with Gasteiger partial charge in [-0.2, -0.15) is 0 Å². The van der Waals surface area contributed by atoms with Crippen LogP contribution >= 0.6 is 0 Å². The van der Waals surface area contributed by atoms with Crippen LogP contribution in [0.2, 0.25) is 0 Å². The van der Waals surface area contributed by atoms with Gasteiger partial charge in [0.25, 0.3) is 0 Å². The molecule has 3 rings (SSSR count). The maximum Gasteiger partial charge on any atom is 0.246 e. The lowest BCUT2D eigenvalue weighted by atomic mass is 9.72. The zero-order chi connectivity index (χ0) is 15.3. The van der Waals surface area contributed by atoms with Crippen LogP contribution in [0.1, 0.15) is 30.4 Å². The molecule has 1 aliphatic carbocycles. The molecule has 3 heteroatoms. The van der Waals surface area contributed by atoms with Gasteiger partial charge in [-0.25, -0.2) is 0 Å². The fourth-order valence-electron chi connectivity index (χ4n) is 2.91. The van der Waals surface area contributed by atoms with Crippen molar-refractivity contribution in [2.75, 3.05) is 6.61 Å². The third-order valence-corrected chi connectivity index (χ3v) is 4.26. The molecule has 0 radical (unpaired) electrons. The van der Waals surface area contributed by atoms with E-state index in [1.54, 1.807) is 0 Å². The summed E-state index contributed by atoms with van der Waals surface area (Å²) in [5.74, 6) is -0.0421. The average Bonchev–Trinajstić information content (AvgIpc) is 2.53. The lowest BCUT2D eigenvalue weighted by Gasteiger charge is -2.43. The second-order valence-corrected chi connectivity index (χ2v) is 5.83. The first-order valence-electron chi connectivity index (χ1n) is 7.77. The molecular formula is C19H21NO2. The highest BCUT2D eigenvalue weighted by atomic mass is 16.5. The van der Waals surface area contributed by atoms with E-state index in [-0.39, 0.29) is 18.1 Å². The Hall–Kier alpha value is -2.13. The number of benzene rings is 2. The zero-order valence-electron chi connectivity index (χ0n) is 12.6. The summed E-state index contributed by atoms with van der Waals surface area (Å²) in [6, 6.07) is 20.1. The van der Waals surface area contributed by atoms with E-state index in [9.17, 15) is 4.79 Å². The summed E-state index contributed by atoms with van der Waals surface area (Å²) < 4.78 is 5.52. The molecule has 2 aromatic carbocycles. The summed E-state index contributed by atoms with van der Waals surface area (Å²) in [5.41, 5.74) is 2.09. The van der Waals surface area contributed by atoms with Crippen LogP contribution in [0.4, 0.5) is 0 Å². The smallest absolute Gasteiger partial charge is 0.246 e. The minimum atomic E-state index is -0.186. The number of hydrogen-bond donors (Lipinski definition) is 1. The molecule has 0 aromatic heterocycles.